The number of carbonyl (C=O) groups is 1. The largest absolute Gasteiger partial charge is 0.352 e. The molecule has 0 aromatic carbocycles. The van der Waals surface area contributed by atoms with Crippen LogP contribution in [0.2, 0.25) is 0 Å². The van der Waals surface area contributed by atoms with Crippen LogP contribution in [0.25, 0.3) is 0 Å². The maximum atomic E-state index is 9.00. The molecule has 0 aromatic heterocycles. The van der Waals surface area contributed by atoms with Gasteiger partial charge in [0.1, 0.15) is 0 Å². The molecule has 3 nitrogen and oxygen atoms in total. The van der Waals surface area contributed by atoms with E-state index in [2.05, 4.69) is 18.0 Å². The van der Waals surface area contributed by atoms with Crippen LogP contribution < -0.4 is 11.5 Å². The topological polar surface area (TPSA) is 69.1 Å². The Bertz CT molecular complexity index is 57.4. The summed E-state index contributed by atoms with van der Waals surface area (Å²) in [5.41, 5.74) is 8.50. The van der Waals surface area contributed by atoms with Gasteiger partial charge in [-0.3, -0.25) is 0 Å². The maximum Gasteiger partial charge on any atom is 0.309 e. The first-order valence-corrected chi connectivity index (χ1v) is 1.77. The van der Waals surface area contributed by atoms with E-state index < -0.39 is 6.03 Å². The van der Waals surface area contributed by atoms with Gasteiger partial charge in [0.05, 0.1) is 0 Å². The van der Waals surface area contributed by atoms with Gasteiger partial charge in [0.15, 0.2) is 0 Å². The number of primary amides is 2. The van der Waals surface area contributed by atoms with Gasteiger partial charge in [-0.05, 0) is 6.92 Å². The summed E-state index contributed by atoms with van der Waals surface area (Å²) in [6.45, 7) is 5.25. The SMILES string of the molecule is C.C=CC.NC(N)=O. The van der Waals surface area contributed by atoms with Gasteiger partial charge in [-0.15, -0.1) is 6.58 Å². The number of hydrogen-bond acceptors (Lipinski definition) is 1. The van der Waals surface area contributed by atoms with E-state index in [1.165, 1.54) is 0 Å². The van der Waals surface area contributed by atoms with Crippen LogP contribution in [-0.4, -0.2) is 6.03 Å². The molecule has 0 aliphatic heterocycles. The van der Waals surface area contributed by atoms with Crippen molar-refractivity contribution in [1.82, 2.24) is 0 Å². The van der Waals surface area contributed by atoms with Crippen molar-refractivity contribution in [2.75, 3.05) is 0 Å². The van der Waals surface area contributed by atoms with Gasteiger partial charge in [-0.25, -0.2) is 4.79 Å². The summed E-state index contributed by atoms with van der Waals surface area (Å²) in [7, 11) is 0. The van der Waals surface area contributed by atoms with Crippen molar-refractivity contribution < 1.29 is 4.79 Å². The second-order valence-electron chi connectivity index (χ2n) is 0.811. The molecule has 0 saturated carbocycles. The lowest BCUT2D eigenvalue weighted by molar-refractivity contribution is 0.256. The third-order valence-corrected chi connectivity index (χ3v) is 0. The minimum atomic E-state index is -0.833. The van der Waals surface area contributed by atoms with E-state index in [1.54, 1.807) is 6.08 Å². The number of allylic oxidation sites excluding steroid dienone is 1. The fourth-order valence-corrected chi connectivity index (χ4v) is 0. The number of hydrogen-bond donors (Lipinski definition) is 2. The monoisotopic (exact) mass is 118 g/mol. The van der Waals surface area contributed by atoms with Crippen molar-refractivity contribution in [2.24, 2.45) is 11.5 Å². The minimum absolute atomic E-state index is 0. The molecule has 0 rings (SSSR count). The average molecular weight is 118 g/mol. The molecule has 3 heteroatoms. The van der Waals surface area contributed by atoms with E-state index in [0.717, 1.165) is 0 Å². The number of amides is 2. The van der Waals surface area contributed by atoms with Crippen molar-refractivity contribution in [2.45, 2.75) is 14.4 Å². The molecule has 0 bridgehead atoms. The minimum Gasteiger partial charge on any atom is -0.352 e. The first kappa shape index (κ1) is 15.7. The lowest BCUT2D eigenvalue weighted by Crippen LogP contribution is -2.18. The standard InChI is InChI=1S/C3H6.CH4N2O.CH4/c1-3-2;2-1(3)4;/h3H,1H2,2H3;(H4,2,3,4);1H4. The number of carbonyl (C=O) groups excluding carboxylic acids is 1. The highest BCUT2D eigenvalue weighted by molar-refractivity contribution is 5.69. The van der Waals surface area contributed by atoms with Crippen LogP contribution in [0, 0.1) is 0 Å². The van der Waals surface area contributed by atoms with Crippen LogP contribution in [0.1, 0.15) is 14.4 Å². The van der Waals surface area contributed by atoms with Crippen LogP contribution in [-0.2, 0) is 0 Å². The van der Waals surface area contributed by atoms with E-state index in [4.69, 9.17) is 4.79 Å². The van der Waals surface area contributed by atoms with E-state index in [0.29, 0.717) is 0 Å². The van der Waals surface area contributed by atoms with E-state index >= 15 is 0 Å². The zero-order chi connectivity index (χ0) is 6.28. The molecular formula is C5H14N2O. The Morgan fingerprint density at radius 1 is 1.62 bits per heavy atom. The van der Waals surface area contributed by atoms with Gasteiger partial charge in [-0.2, -0.15) is 0 Å². The zero-order valence-corrected chi connectivity index (χ0v) is 4.35. The summed E-state index contributed by atoms with van der Waals surface area (Å²) < 4.78 is 0. The number of urea groups is 1. The Labute approximate surface area is 50.4 Å². The van der Waals surface area contributed by atoms with Gasteiger partial charge in [-0.1, -0.05) is 13.5 Å². The summed E-state index contributed by atoms with van der Waals surface area (Å²) >= 11 is 0. The molecule has 2 amide bonds. The molecule has 0 fully saturated rings. The Kier molecular flexibility index (Phi) is 32.8. The van der Waals surface area contributed by atoms with E-state index in [-0.39, 0.29) is 7.43 Å². The van der Waals surface area contributed by atoms with Gasteiger partial charge < -0.3 is 11.5 Å². The zero-order valence-electron chi connectivity index (χ0n) is 4.35. The fourth-order valence-electron chi connectivity index (χ4n) is 0. The molecule has 0 aliphatic rings. The molecule has 4 N–H and O–H groups in total. The van der Waals surface area contributed by atoms with Crippen molar-refractivity contribution in [3.8, 4) is 0 Å². The molecular weight excluding hydrogens is 104 g/mol. The maximum absolute atomic E-state index is 9.00. The molecule has 0 unspecified atom stereocenters. The molecule has 0 aromatic rings. The Hall–Kier alpha value is -0.990. The Morgan fingerprint density at radius 3 is 1.62 bits per heavy atom. The molecule has 0 spiro atoms. The highest BCUT2D eigenvalue weighted by Crippen LogP contribution is 1.38. The third-order valence-electron chi connectivity index (χ3n) is 0. The van der Waals surface area contributed by atoms with Crippen LogP contribution >= 0.6 is 0 Å². The van der Waals surface area contributed by atoms with Crippen LogP contribution in [0.3, 0.4) is 0 Å². The van der Waals surface area contributed by atoms with E-state index in [9.17, 15) is 0 Å². The first-order valence-electron chi connectivity index (χ1n) is 1.77. The molecule has 0 atom stereocenters. The smallest absolute Gasteiger partial charge is 0.309 e. The summed E-state index contributed by atoms with van der Waals surface area (Å²) in [6.07, 6.45) is 1.75. The summed E-state index contributed by atoms with van der Waals surface area (Å²) in [6, 6.07) is -0.833. The predicted octanol–water partition coefficient (Wildman–Crippen LogP) is 0.852. The molecule has 8 heavy (non-hydrogen) atoms. The van der Waals surface area contributed by atoms with Crippen LogP contribution in [0.4, 0.5) is 4.79 Å². The van der Waals surface area contributed by atoms with E-state index in [1.807, 2.05) is 6.92 Å². The molecule has 0 aliphatic carbocycles. The molecule has 0 heterocycles. The van der Waals surface area contributed by atoms with Gasteiger partial charge in [0, 0.05) is 0 Å². The number of rotatable bonds is 0. The predicted molar refractivity (Wildman–Crippen MR) is 36.4 cm³/mol. The summed E-state index contributed by atoms with van der Waals surface area (Å²) in [4.78, 5) is 9.00. The quantitative estimate of drug-likeness (QED) is 0.455. The van der Waals surface area contributed by atoms with Gasteiger partial charge in [0.25, 0.3) is 0 Å². The second-order valence-corrected chi connectivity index (χ2v) is 0.811. The highest BCUT2D eigenvalue weighted by atomic mass is 16.2. The van der Waals surface area contributed by atoms with Crippen molar-refractivity contribution in [3.05, 3.63) is 12.7 Å². The lowest BCUT2D eigenvalue weighted by atomic mass is 10.8. The summed E-state index contributed by atoms with van der Waals surface area (Å²) in [5, 5.41) is 0. The Morgan fingerprint density at radius 2 is 1.62 bits per heavy atom. The third kappa shape index (κ3) is 82.2. The van der Waals surface area contributed by atoms with Crippen LogP contribution in [0.15, 0.2) is 12.7 Å². The first-order chi connectivity index (χ1) is 3.15. The number of nitrogens with two attached hydrogens (primary N) is 2. The highest BCUT2D eigenvalue weighted by Gasteiger charge is 1.60. The van der Waals surface area contributed by atoms with Crippen molar-refractivity contribution >= 4 is 6.03 Å². The lowest BCUT2D eigenvalue weighted by Gasteiger charge is -1.62. The van der Waals surface area contributed by atoms with Gasteiger partial charge >= 0.3 is 6.03 Å². The molecule has 0 radical (unpaired) electrons. The van der Waals surface area contributed by atoms with Crippen LogP contribution in [0.5, 0.6) is 0 Å². The fraction of sp³-hybridized carbons (Fsp3) is 0.400. The normalized spacial score (nSPS) is 4.62. The van der Waals surface area contributed by atoms with Crippen molar-refractivity contribution in [3.63, 3.8) is 0 Å². The Balaban J connectivity index is -0.0000000575. The average Bonchev–Trinajstić information content (AvgIpc) is 1.33. The molecule has 0 saturated heterocycles. The summed E-state index contributed by atoms with van der Waals surface area (Å²) in [5.74, 6) is 0. The molecule has 50 valence electrons. The second kappa shape index (κ2) is 16.7. The van der Waals surface area contributed by atoms with Crippen molar-refractivity contribution in [1.29, 1.82) is 0 Å². The van der Waals surface area contributed by atoms with Gasteiger partial charge in [0.2, 0.25) is 0 Å².